The van der Waals surface area contributed by atoms with Gasteiger partial charge in [0.25, 0.3) is 5.43 Å². The highest BCUT2D eigenvalue weighted by atomic mass is 19.1. The van der Waals surface area contributed by atoms with E-state index in [4.69, 9.17) is 4.74 Å². The van der Waals surface area contributed by atoms with E-state index >= 15 is 0 Å². The summed E-state index contributed by atoms with van der Waals surface area (Å²) in [7, 11) is 3.11. The van der Waals surface area contributed by atoms with Crippen LogP contribution in [0.25, 0.3) is 22.8 Å². The highest BCUT2D eigenvalue weighted by Gasteiger charge is 2.17. The Hall–Kier alpha value is -3.75. The Morgan fingerprint density at radius 3 is 2.59 bits per heavy atom. The maximum absolute atomic E-state index is 14.8. The van der Waals surface area contributed by atoms with Crippen molar-refractivity contribution in [3.05, 3.63) is 71.2 Å². The monoisotopic (exact) mass is 366 g/mol. The summed E-state index contributed by atoms with van der Waals surface area (Å²) >= 11 is 0. The number of methoxy groups -OCH3 is 1. The molecule has 4 aromatic rings. The number of ether oxygens (including phenoxy) is 1. The van der Waals surface area contributed by atoms with E-state index in [1.54, 1.807) is 59.3 Å². The van der Waals surface area contributed by atoms with Crippen LogP contribution in [-0.4, -0.2) is 36.5 Å². The SMILES string of the molecule is COc1cn(-c2ccc(-n3cccn3)cc2F)nc(-c2ccn(C)n2)c1=O. The fourth-order valence-corrected chi connectivity index (χ4v) is 2.69. The minimum Gasteiger partial charge on any atom is -0.491 e. The third-order valence-corrected chi connectivity index (χ3v) is 4.01. The van der Waals surface area contributed by atoms with Gasteiger partial charge in [0.15, 0.2) is 17.3 Å². The van der Waals surface area contributed by atoms with Crippen LogP contribution in [0.3, 0.4) is 0 Å². The second-order valence-corrected chi connectivity index (χ2v) is 5.78. The maximum Gasteiger partial charge on any atom is 0.251 e. The number of aryl methyl sites for hydroxylation is 1. The van der Waals surface area contributed by atoms with Gasteiger partial charge in [-0.3, -0.25) is 9.48 Å². The molecule has 0 atom stereocenters. The van der Waals surface area contributed by atoms with Gasteiger partial charge in [-0.25, -0.2) is 13.8 Å². The second kappa shape index (κ2) is 6.52. The van der Waals surface area contributed by atoms with Crippen LogP contribution in [0.2, 0.25) is 0 Å². The van der Waals surface area contributed by atoms with E-state index in [0.29, 0.717) is 11.4 Å². The maximum atomic E-state index is 14.8. The lowest BCUT2D eigenvalue weighted by Crippen LogP contribution is -2.17. The number of halogens is 1. The molecule has 1 aromatic carbocycles. The number of hydrogen-bond donors (Lipinski definition) is 0. The molecule has 3 heterocycles. The van der Waals surface area contributed by atoms with Crippen LogP contribution >= 0.6 is 0 Å². The Labute approximate surface area is 153 Å². The van der Waals surface area contributed by atoms with Crippen LogP contribution in [-0.2, 0) is 7.05 Å². The van der Waals surface area contributed by atoms with Crippen LogP contribution in [0.15, 0.2) is 59.9 Å². The first-order valence-corrected chi connectivity index (χ1v) is 8.05. The van der Waals surface area contributed by atoms with Gasteiger partial charge in [0, 0.05) is 31.7 Å². The molecule has 0 saturated carbocycles. The van der Waals surface area contributed by atoms with Gasteiger partial charge >= 0.3 is 0 Å². The minimum absolute atomic E-state index is 0.0428. The summed E-state index contributed by atoms with van der Waals surface area (Å²) in [4.78, 5) is 12.5. The van der Waals surface area contributed by atoms with Crippen molar-refractivity contribution in [1.29, 1.82) is 0 Å². The molecule has 27 heavy (non-hydrogen) atoms. The van der Waals surface area contributed by atoms with Gasteiger partial charge in [0.05, 0.1) is 19.0 Å². The molecule has 136 valence electrons. The Morgan fingerprint density at radius 1 is 1.11 bits per heavy atom. The number of aromatic nitrogens is 6. The van der Waals surface area contributed by atoms with Gasteiger partial charge in [-0.2, -0.15) is 15.3 Å². The molecule has 3 aromatic heterocycles. The fourth-order valence-electron chi connectivity index (χ4n) is 2.69. The topological polar surface area (TPSA) is 79.8 Å². The van der Waals surface area contributed by atoms with Crippen molar-refractivity contribution in [1.82, 2.24) is 29.3 Å². The highest BCUT2D eigenvalue weighted by molar-refractivity contribution is 5.55. The molecule has 0 bridgehead atoms. The molecular formula is C18H15FN6O2. The molecule has 4 rings (SSSR count). The van der Waals surface area contributed by atoms with Gasteiger partial charge in [-0.05, 0) is 24.3 Å². The van der Waals surface area contributed by atoms with Gasteiger partial charge in [-0.15, -0.1) is 0 Å². The molecule has 0 unspecified atom stereocenters. The Bertz CT molecular complexity index is 1160. The Morgan fingerprint density at radius 2 is 1.96 bits per heavy atom. The van der Waals surface area contributed by atoms with E-state index in [0.717, 1.165) is 0 Å². The largest absolute Gasteiger partial charge is 0.491 e. The zero-order valence-electron chi connectivity index (χ0n) is 14.6. The quantitative estimate of drug-likeness (QED) is 0.552. The van der Waals surface area contributed by atoms with Crippen LogP contribution in [0, 0.1) is 5.82 Å². The van der Waals surface area contributed by atoms with E-state index in [1.165, 1.54) is 24.1 Å². The average Bonchev–Trinajstić information content (AvgIpc) is 3.34. The third kappa shape index (κ3) is 2.99. The normalized spacial score (nSPS) is 10.9. The summed E-state index contributed by atoms with van der Waals surface area (Å²) in [6, 6.07) is 8.02. The second-order valence-electron chi connectivity index (χ2n) is 5.78. The van der Waals surface area contributed by atoms with E-state index in [9.17, 15) is 9.18 Å². The van der Waals surface area contributed by atoms with E-state index < -0.39 is 11.2 Å². The zero-order chi connectivity index (χ0) is 19.0. The van der Waals surface area contributed by atoms with E-state index in [1.807, 2.05) is 0 Å². The third-order valence-electron chi connectivity index (χ3n) is 4.01. The van der Waals surface area contributed by atoms with Crippen LogP contribution in [0.5, 0.6) is 5.75 Å². The number of benzene rings is 1. The molecule has 0 spiro atoms. The molecule has 0 aliphatic heterocycles. The van der Waals surface area contributed by atoms with Gasteiger partial charge in [0.2, 0.25) is 0 Å². The lowest BCUT2D eigenvalue weighted by atomic mass is 10.2. The van der Waals surface area contributed by atoms with Gasteiger partial charge < -0.3 is 4.74 Å². The molecule has 8 nitrogen and oxygen atoms in total. The van der Waals surface area contributed by atoms with Crippen molar-refractivity contribution >= 4 is 0 Å². The molecule has 0 amide bonds. The summed E-state index contributed by atoms with van der Waals surface area (Å²) in [5.74, 6) is -0.477. The summed E-state index contributed by atoms with van der Waals surface area (Å²) in [6.07, 6.45) is 6.37. The molecule has 0 N–H and O–H groups in total. The van der Waals surface area contributed by atoms with Crippen molar-refractivity contribution in [2.24, 2.45) is 7.05 Å². The van der Waals surface area contributed by atoms with Crippen molar-refractivity contribution < 1.29 is 9.13 Å². The average molecular weight is 366 g/mol. The first kappa shape index (κ1) is 16.7. The van der Waals surface area contributed by atoms with Crippen molar-refractivity contribution in [3.8, 4) is 28.5 Å². The van der Waals surface area contributed by atoms with Crippen molar-refractivity contribution in [2.75, 3.05) is 7.11 Å². The zero-order valence-corrected chi connectivity index (χ0v) is 14.6. The summed E-state index contributed by atoms with van der Waals surface area (Å²) in [5, 5.41) is 12.6. The van der Waals surface area contributed by atoms with Gasteiger partial charge in [0.1, 0.15) is 11.4 Å². The number of rotatable bonds is 4. The Kier molecular flexibility index (Phi) is 4.03. The lowest BCUT2D eigenvalue weighted by Gasteiger charge is -2.11. The molecular weight excluding hydrogens is 351 g/mol. The predicted octanol–water partition coefficient (Wildman–Crippen LogP) is 1.97. The molecule has 0 aliphatic carbocycles. The first-order chi connectivity index (χ1) is 13.1. The summed E-state index contributed by atoms with van der Waals surface area (Å²) < 4.78 is 24.3. The van der Waals surface area contributed by atoms with E-state index in [2.05, 4.69) is 15.3 Å². The summed E-state index contributed by atoms with van der Waals surface area (Å²) in [5.41, 5.74) is 0.774. The van der Waals surface area contributed by atoms with Crippen molar-refractivity contribution in [2.45, 2.75) is 0 Å². The molecule has 0 aliphatic rings. The summed E-state index contributed by atoms with van der Waals surface area (Å²) in [6.45, 7) is 0. The first-order valence-electron chi connectivity index (χ1n) is 8.05. The fraction of sp³-hybridized carbons (Fsp3) is 0.111. The van der Waals surface area contributed by atoms with Crippen LogP contribution in [0.4, 0.5) is 4.39 Å². The smallest absolute Gasteiger partial charge is 0.251 e. The standard InChI is InChI=1S/C18H15FN6O2/c1-23-9-6-14(21-23)17-18(26)16(27-2)11-25(22-17)15-5-4-12(10-13(15)19)24-8-3-7-20-24/h3-11H,1-2H3. The van der Waals surface area contributed by atoms with Gasteiger partial charge in [-0.1, -0.05) is 0 Å². The molecule has 0 fully saturated rings. The highest BCUT2D eigenvalue weighted by Crippen LogP contribution is 2.20. The van der Waals surface area contributed by atoms with Crippen molar-refractivity contribution in [3.63, 3.8) is 0 Å². The van der Waals surface area contributed by atoms with Crippen LogP contribution < -0.4 is 10.2 Å². The van der Waals surface area contributed by atoms with E-state index in [-0.39, 0.29) is 17.1 Å². The molecule has 0 saturated heterocycles. The molecule has 9 heteroatoms. The minimum atomic E-state index is -0.520. The van der Waals surface area contributed by atoms with Crippen LogP contribution in [0.1, 0.15) is 0 Å². The number of nitrogens with zero attached hydrogens (tertiary/aromatic N) is 6. The Balaban J connectivity index is 1.85. The predicted molar refractivity (Wildman–Crippen MR) is 95.7 cm³/mol. The lowest BCUT2D eigenvalue weighted by molar-refractivity contribution is 0.405. The number of hydrogen-bond acceptors (Lipinski definition) is 5. The molecule has 0 radical (unpaired) electrons.